The molecule has 6 nitrogen and oxygen atoms in total. The molecular formula is C15H16Cl2F2N4O2S. The average molecular weight is 425 g/mol. The van der Waals surface area contributed by atoms with Crippen LogP contribution in [-0.4, -0.2) is 53.6 Å². The number of rotatable bonds is 5. The minimum Gasteiger partial charge on any atom is -0.296 e. The molecule has 11 heteroatoms. The van der Waals surface area contributed by atoms with Crippen LogP contribution in [-0.2, 0) is 16.6 Å². The first kappa shape index (κ1) is 19.5. The van der Waals surface area contributed by atoms with Crippen LogP contribution in [0.4, 0.5) is 8.78 Å². The van der Waals surface area contributed by atoms with Gasteiger partial charge < -0.3 is 0 Å². The number of sulfonamides is 1. The molecule has 2 aromatic rings. The van der Waals surface area contributed by atoms with Crippen molar-refractivity contribution >= 4 is 33.2 Å². The highest BCUT2D eigenvalue weighted by molar-refractivity contribution is 7.89. The Morgan fingerprint density at radius 3 is 2.38 bits per heavy atom. The van der Waals surface area contributed by atoms with Crippen LogP contribution in [0.5, 0.6) is 0 Å². The smallest absolute Gasteiger partial charge is 0.296 e. The molecule has 1 aliphatic rings. The molecule has 1 aliphatic heterocycles. The van der Waals surface area contributed by atoms with E-state index < -0.39 is 16.6 Å². The van der Waals surface area contributed by atoms with Crippen LogP contribution in [0.2, 0.25) is 10.0 Å². The summed E-state index contributed by atoms with van der Waals surface area (Å²) < 4.78 is 51.9. The summed E-state index contributed by atoms with van der Waals surface area (Å²) in [5, 5.41) is 4.35. The maximum absolute atomic E-state index is 12.6. The summed E-state index contributed by atoms with van der Waals surface area (Å²) in [7, 11) is -3.83. The zero-order chi connectivity index (χ0) is 18.9. The van der Waals surface area contributed by atoms with Crippen molar-refractivity contribution < 1.29 is 17.2 Å². The second-order valence-electron chi connectivity index (χ2n) is 5.86. The Labute approximate surface area is 159 Å². The molecule has 2 heterocycles. The fourth-order valence-electron chi connectivity index (χ4n) is 2.73. The maximum Gasteiger partial charge on any atom is 0.333 e. The van der Waals surface area contributed by atoms with Crippen LogP contribution in [0.15, 0.2) is 35.5 Å². The van der Waals surface area contributed by atoms with Gasteiger partial charge in [-0.2, -0.15) is 18.2 Å². The average Bonchev–Trinajstić information content (AvgIpc) is 3.10. The molecule has 0 bridgehead atoms. The number of hydrogen-bond acceptors (Lipinski definition) is 4. The summed E-state index contributed by atoms with van der Waals surface area (Å²) in [5.74, 6) is 0. The van der Waals surface area contributed by atoms with Gasteiger partial charge in [-0.15, -0.1) is 0 Å². The van der Waals surface area contributed by atoms with Gasteiger partial charge in [-0.3, -0.25) is 4.90 Å². The van der Waals surface area contributed by atoms with Crippen molar-refractivity contribution in [3.05, 3.63) is 46.2 Å². The highest BCUT2D eigenvalue weighted by Crippen LogP contribution is 2.24. The second-order valence-corrected chi connectivity index (χ2v) is 8.61. The summed E-state index contributed by atoms with van der Waals surface area (Å²) in [6.07, 6.45) is 1.80. The van der Waals surface area contributed by atoms with Crippen LogP contribution >= 0.6 is 23.2 Å². The van der Waals surface area contributed by atoms with Crippen LogP contribution in [0.25, 0.3) is 0 Å². The summed E-state index contributed by atoms with van der Waals surface area (Å²) in [6, 6.07) is 5.38. The molecule has 0 radical (unpaired) electrons. The first-order chi connectivity index (χ1) is 12.3. The normalized spacial score (nSPS) is 17.1. The standard InChI is InChI=1S/C15H16Cl2F2N4O2S/c16-13-2-1-11(7-14(13)17)9-21-3-5-22(6-4-21)26(24,25)12-8-20-23(10-12)15(18)19/h1-2,7-8,10,15H,3-6,9H2. The van der Waals surface area contributed by atoms with E-state index in [2.05, 4.69) is 10.00 Å². The van der Waals surface area contributed by atoms with Gasteiger partial charge in [-0.25, -0.2) is 13.1 Å². The fraction of sp³-hybridized carbons (Fsp3) is 0.400. The minimum atomic E-state index is -3.83. The van der Waals surface area contributed by atoms with Gasteiger partial charge >= 0.3 is 6.55 Å². The molecule has 142 valence electrons. The van der Waals surface area contributed by atoms with Crippen molar-refractivity contribution in [3.63, 3.8) is 0 Å². The number of nitrogens with zero attached hydrogens (tertiary/aromatic N) is 4. The number of hydrogen-bond donors (Lipinski definition) is 0. The molecule has 0 N–H and O–H groups in total. The van der Waals surface area contributed by atoms with Gasteiger partial charge in [0.05, 0.1) is 22.4 Å². The van der Waals surface area contributed by atoms with Gasteiger partial charge in [-0.05, 0) is 17.7 Å². The van der Waals surface area contributed by atoms with Crippen LogP contribution in [0.3, 0.4) is 0 Å². The monoisotopic (exact) mass is 424 g/mol. The SMILES string of the molecule is O=S(=O)(c1cnn(C(F)F)c1)N1CCN(Cc2ccc(Cl)c(Cl)c2)CC1. The highest BCUT2D eigenvalue weighted by Gasteiger charge is 2.30. The van der Waals surface area contributed by atoms with Gasteiger partial charge in [0.1, 0.15) is 4.90 Å². The first-order valence-electron chi connectivity index (χ1n) is 7.76. The van der Waals surface area contributed by atoms with E-state index in [-0.39, 0.29) is 18.0 Å². The van der Waals surface area contributed by atoms with Gasteiger partial charge in [0.2, 0.25) is 10.0 Å². The molecule has 0 saturated carbocycles. The van der Waals surface area contributed by atoms with Crippen molar-refractivity contribution in [2.75, 3.05) is 26.2 Å². The summed E-state index contributed by atoms with van der Waals surface area (Å²) in [6.45, 7) is -0.687. The lowest BCUT2D eigenvalue weighted by Crippen LogP contribution is -2.48. The molecule has 3 rings (SSSR count). The van der Waals surface area contributed by atoms with E-state index >= 15 is 0 Å². The lowest BCUT2D eigenvalue weighted by Gasteiger charge is -2.33. The van der Waals surface area contributed by atoms with Crippen molar-refractivity contribution in [2.45, 2.75) is 18.0 Å². The summed E-state index contributed by atoms with van der Waals surface area (Å²) >= 11 is 11.9. The number of piperazine rings is 1. The minimum absolute atomic E-state index is 0.226. The molecule has 0 amide bonds. The molecule has 1 saturated heterocycles. The van der Waals surface area contributed by atoms with Gasteiger partial charge in [0.15, 0.2) is 0 Å². The van der Waals surface area contributed by atoms with Crippen molar-refractivity contribution in [2.24, 2.45) is 0 Å². The number of benzene rings is 1. The van der Waals surface area contributed by atoms with Crippen molar-refractivity contribution in [1.29, 1.82) is 0 Å². The molecule has 1 aromatic carbocycles. The third-order valence-corrected chi connectivity index (χ3v) is 6.73. The Morgan fingerprint density at radius 2 is 1.81 bits per heavy atom. The van der Waals surface area contributed by atoms with E-state index in [9.17, 15) is 17.2 Å². The molecule has 0 unspecified atom stereocenters. The van der Waals surface area contributed by atoms with Crippen molar-refractivity contribution in [3.8, 4) is 0 Å². The van der Waals surface area contributed by atoms with E-state index in [1.807, 2.05) is 6.07 Å². The molecule has 0 atom stereocenters. The lowest BCUT2D eigenvalue weighted by atomic mass is 10.2. The summed E-state index contributed by atoms with van der Waals surface area (Å²) in [5.41, 5.74) is 0.980. The zero-order valence-electron chi connectivity index (χ0n) is 13.5. The van der Waals surface area contributed by atoms with Gasteiger partial charge in [-0.1, -0.05) is 29.3 Å². The van der Waals surface area contributed by atoms with Crippen LogP contribution < -0.4 is 0 Å². The Balaban J connectivity index is 1.62. The number of alkyl halides is 2. The Bertz CT molecular complexity index is 884. The van der Waals surface area contributed by atoms with Gasteiger partial charge in [0.25, 0.3) is 0 Å². The van der Waals surface area contributed by atoms with E-state index in [0.29, 0.717) is 34.4 Å². The van der Waals surface area contributed by atoms with E-state index in [0.717, 1.165) is 18.0 Å². The highest BCUT2D eigenvalue weighted by atomic mass is 35.5. The zero-order valence-corrected chi connectivity index (χ0v) is 15.9. The largest absolute Gasteiger partial charge is 0.333 e. The maximum atomic E-state index is 12.6. The van der Waals surface area contributed by atoms with Crippen molar-refractivity contribution in [1.82, 2.24) is 19.0 Å². The molecular weight excluding hydrogens is 409 g/mol. The summed E-state index contributed by atoms with van der Waals surface area (Å²) in [4.78, 5) is 1.87. The van der Waals surface area contributed by atoms with E-state index in [1.54, 1.807) is 12.1 Å². The Kier molecular flexibility index (Phi) is 5.83. The quantitative estimate of drug-likeness (QED) is 0.739. The van der Waals surface area contributed by atoms with Crippen LogP contribution in [0, 0.1) is 0 Å². The molecule has 26 heavy (non-hydrogen) atoms. The topological polar surface area (TPSA) is 58.4 Å². The molecule has 1 fully saturated rings. The molecule has 0 spiro atoms. The predicted octanol–water partition coefficient (Wildman–Crippen LogP) is 3.09. The Hall–Kier alpha value is -1.26. The third-order valence-electron chi connectivity index (χ3n) is 4.14. The van der Waals surface area contributed by atoms with E-state index in [4.69, 9.17) is 23.2 Å². The van der Waals surface area contributed by atoms with E-state index in [1.165, 1.54) is 4.31 Å². The molecule has 0 aliphatic carbocycles. The second kappa shape index (κ2) is 7.77. The lowest BCUT2D eigenvalue weighted by molar-refractivity contribution is 0.0563. The van der Waals surface area contributed by atoms with Gasteiger partial charge in [0, 0.05) is 32.7 Å². The Morgan fingerprint density at radius 1 is 1.12 bits per heavy atom. The predicted molar refractivity (Wildman–Crippen MR) is 94.0 cm³/mol. The number of halogens is 4. The fourth-order valence-corrected chi connectivity index (χ4v) is 4.42. The first-order valence-corrected chi connectivity index (χ1v) is 9.96. The number of aromatic nitrogens is 2. The third kappa shape index (κ3) is 4.17. The molecule has 1 aromatic heterocycles. The van der Waals surface area contributed by atoms with Crippen LogP contribution in [0.1, 0.15) is 12.1 Å².